The van der Waals surface area contributed by atoms with Gasteiger partial charge in [0, 0.05) is 5.69 Å². The molecule has 0 bridgehead atoms. The molecule has 1 aromatic rings. The molecule has 104 valence electrons. The van der Waals surface area contributed by atoms with E-state index in [0.29, 0.717) is 5.69 Å². The number of amides is 2. The molecule has 0 aromatic heterocycles. The number of oxime groups is 1. The van der Waals surface area contributed by atoms with Crippen molar-refractivity contribution < 1.29 is 10.0 Å². The molecule has 0 aliphatic rings. The molecule has 1 rings (SSSR count). The third-order valence-electron chi connectivity index (χ3n) is 2.70. The monoisotopic (exact) mass is 264 g/mol. The average molecular weight is 264 g/mol. The van der Waals surface area contributed by atoms with Crippen LogP contribution in [-0.4, -0.2) is 23.1 Å². The zero-order valence-corrected chi connectivity index (χ0v) is 11.3. The number of hydrogen-bond donors (Lipinski definition) is 4. The second-order valence-corrected chi connectivity index (χ2v) is 4.71. The summed E-state index contributed by atoms with van der Waals surface area (Å²) >= 11 is 0. The SMILES string of the molecule is Cc1ccc(NC(=O)NC(C(N)=NO)C(C)C)cc1. The number of nitrogens with one attached hydrogen (secondary N) is 2. The number of anilines is 1. The van der Waals surface area contributed by atoms with Crippen molar-refractivity contribution in [3.63, 3.8) is 0 Å². The first-order valence-corrected chi connectivity index (χ1v) is 6.05. The lowest BCUT2D eigenvalue weighted by atomic mass is 10.0. The van der Waals surface area contributed by atoms with Crippen LogP contribution < -0.4 is 16.4 Å². The summed E-state index contributed by atoms with van der Waals surface area (Å²) in [5, 5.41) is 17.0. The number of aryl methyl sites for hydroxylation is 1. The Kier molecular flexibility index (Phi) is 5.17. The molecule has 1 aromatic carbocycles. The van der Waals surface area contributed by atoms with Gasteiger partial charge in [-0.1, -0.05) is 36.7 Å². The highest BCUT2D eigenvalue weighted by Crippen LogP contribution is 2.09. The Hall–Kier alpha value is -2.24. The molecule has 0 spiro atoms. The molecule has 0 aliphatic carbocycles. The van der Waals surface area contributed by atoms with Crippen molar-refractivity contribution in [2.75, 3.05) is 5.32 Å². The lowest BCUT2D eigenvalue weighted by Gasteiger charge is -2.21. The smallest absolute Gasteiger partial charge is 0.319 e. The first-order valence-electron chi connectivity index (χ1n) is 6.05. The van der Waals surface area contributed by atoms with Gasteiger partial charge >= 0.3 is 6.03 Å². The zero-order valence-electron chi connectivity index (χ0n) is 11.3. The van der Waals surface area contributed by atoms with Crippen LogP contribution in [0.15, 0.2) is 29.4 Å². The van der Waals surface area contributed by atoms with Gasteiger partial charge in [-0.2, -0.15) is 0 Å². The number of benzene rings is 1. The van der Waals surface area contributed by atoms with E-state index in [4.69, 9.17) is 10.9 Å². The third kappa shape index (κ3) is 4.50. The van der Waals surface area contributed by atoms with Gasteiger partial charge in [0.25, 0.3) is 0 Å². The highest BCUT2D eigenvalue weighted by Gasteiger charge is 2.20. The lowest BCUT2D eigenvalue weighted by molar-refractivity contribution is 0.248. The number of urea groups is 1. The van der Waals surface area contributed by atoms with Crippen LogP contribution in [-0.2, 0) is 0 Å². The minimum Gasteiger partial charge on any atom is -0.409 e. The van der Waals surface area contributed by atoms with E-state index in [9.17, 15) is 4.79 Å². The first kappa shape index (κ1) is 14.8. The Morgan fingerprint density at radius 3 is 2.37 bits per heavy atom. The maximum Gasteiger partial charge on any atom is 0.319 e. The number of rotatable bonds is 4. The summed E-state index contributed by atoms with van der Waals surface area (Å²) in [7, 11) is 0. The summed E-state index contributed by atoms with van der Waals surface area (Å²) in [5.74, 6) is -0.00581. The summed E-state index contributed by atoms with van der Waals surface area (Å²) < 4.78 is 0. The summed E-state index contributed by atoms with van der Waals surface area (Å²) in [4.78, 5) is 11.8. The van der Waals surface area contributed by atoms with Crippen molar-refractivity contribution >= 4 is 17.6 Å². The molecule has 1 atom stereocenters. The van der Waals surface area contributed by atoms with Gasteiger partial charge in [0.05, 0.1) is 6.04 Å². The van der Waals surface area contributed by atoms with Crippen molar-refractivity contribution in [1.29, 1.82) is 0 Å². The van der Waals surface area contributed by atoms with E-state index in [2.05, 4.69) is 15.8 Å². The maximum absolute atomic E-state index is 11.8. The molecule has 1 unspecified atom stereocenters. The van der Waals surface area contributed by atoms with Crippen LogP contribution in [0.25, 0.3) is 0 Å². The van der Waals surface area contributed by atoms with E-state index >= 15 is 0 Å². The Labute approximate surface area is 112 Å². The number of nitrogens with two attached hydrogens (primary N) is 1. The number of carbonyl (C=O) groups is 1. The van der Waals surface area contributed by atoms with Gasteiger partial charge in [-0.3, -0.25) is 0 Å². The number of hydrogen-bond acceptors (Lipinski definition) is 3. The number of amidine groups is 1. The minimum absolute atomic E-state index is 0.0136. The van der Waals surface area contributed by atoms with Gasteiger partial charge < -0.3 is 21.6 Å². The summed E-state index contributed by atoms with van der Waals surface area (Å²) in [6.45, 7) is 5.71. The highest BCUT2D eigenvalue weighted by molar-refractivity contribution is 5.94. The molecule has 0 radical (unpaired) electrons. The first-order chi connectivity index (χ1) is 8.93. The largest absolute Gasteiger partial charge is 0.409 e. The Balaban J connectivity index is 2.65. The topological polar surface area (TPSA) is 99.7 Å². The van der Waals surface area contributed by atoms with Crippen molar-refractivity contribution in [3.05, 3.63) is 29.8 Å². The van der Waals surface area contributed by atoms with Crippen molar-refractivity contribution in [2.24, 2.45) is 16.8 Å². The van der Waals surface area contributed by atoms with Crippen LogP contribution >= 0.6 is 0 Å². The molecule has 0 saturated heterocycles. The van der Waals surface area contributed by atoms with Crippen LogP contribution in [0.2, 0.25) is 0 Å². The van der Waals surface area contributed by atoms with Crippen molar-refractivity contribution in [2.45, 2.75) is 26.8 Å². The quantitative estimate of drug-likeness (QED) is 0.289. The second-order valence-electron chi connectivity index (χ2n) is 4.71. The Morgan fingerprint density at radius 1 is 1.32 bits per heavy atom. The summed E-state index contributed by atoms with van der Waals surface area (Å²) in [5.41, 5.74) is 7.34. The number of nitrogens with zero attached hydrogens (tertiary/aromatic N) is 1. The molecule has 0 fully saturated rings. The average Bonchev–Trinajstić information content (AvgIpc) is 2.37. The van der Waals surface area contributed by atoms with Crippen LogP contribution in [0, 0.1) is 12.8 Å². The molecule has 6 nitrogen and oxygen atoms in total. The fraction of sp³-hybridized carbons (Fsp3) is 0.385. The molecule has 19 heavy (non-hydrogen) atoms. The fourth-order valence-electron chi connectivity index (χ4n) is 1.59. The molecule has 5 N–H and O–H groups in total. The Bertz CT molecular complexity index is 454. The molecule has 0 aliphatic heterocycles. The third-order valence-corrected chi connectivity index (χ3v) is 2.70. The van der Waals surface area contributed by atoms with Crippen molar-refractivity contribution in [1.82, 2.24) is 5.32 Å². The molecule has 0 saturated carbocycles. The summed E-state index contributed by atoms with van der Waals surface area (Å²) in [6, 6.07) is 6.51. The maximum atomic E-state index is 11.8. The molecular formula is C13H20N4O2. The molecular weight excluding hydrogens is 244 g/mol. The normalized spacial score (nSPS) is 13.2. The van der Waals surface area contributed by atoms with Crippen LogP contribution in [0.5, 0.6) is 0 Å². The van der Waals surface area contributed by atoms with Gasteiger partial charge in [-0.05, 0) is 25.0 Å². The zero-order chi connectivity index (χ0) is 14.4. The van der Waals surface area contributed by atoms with Gasteiger partial charge in [0.2, 0.25) is 0 Å². The fourth-order valence-corrected chi connectivity index (χ4v) is 1.59. The molecule has 6 heteroatoms. The molecule has 2 amide bonds. The van der Waals surface area contributed by atoms with Gasteiger partial charge in [0.15, 0.2) is 5.84 Å². The highest BCUT2D eigenvalue weighted by atomic mass is 16.4. The standard InChI is InChI=1S/C13H20N4O2/c1-8(2)11(12(14)17-19)16-13(18)15-10-6-4-9(3)5-7-10/h4-8,11,19H,1-3H3,(H2,14,17)(H2,15,16,18). The van der Waals surface area contributed by atoms with E-state index in [-0.39, 0.29) is 11.8 Å². The Morgan fingerprint density at radius 2 is 1.89 bits per heavy atom. The molecule has 0 heterocycles. The van der Waals surface area contributed by atoms with Gasteiger partial charge in [-0.15, -0.1) is 0 Å². The summed E-state index contributed by atoms with van der Waals surface area (Å²) in [6.07, 6.45) is 0. The predicted molar refractivity (Wildman–Crippen MR) is 75.4 cm³/mol. The van der Waals surface area contributed by atoms with E-state index < -0.39 is 12.1 Å². The van der Waals surface area contributed by atoms with Crippen molar-refractivity contribution in [3.8, 4) is 0 Å². The van der Waals surface area contributed by atoms with E-state index in [1.54, 1.807) is 0 Å². The van der Waals surface area contributed by atoms with E-state index in [1.165, 1.54) is 0 Å². The van der Waals surface area contributed by atoms with Crippen LogP contribution in [0.1, 0.15) is 19.4 Å². The van der Waals surface area contributed by atoms with Crippen LogP contribution in [0.4, 0.5) is 10.5 Å². The van der Waals surface area contributed by atoms with Gasteiger partial charge in [-0.25, -0.2) is 4.79 Å². The second kappa shape index (κ2) is 6.63. The van der Waals surface area contributed by atoms with Crippen LogP contribution in [0.3, 0.4) is 0 Å². The van der Waals surface area contributed by atoms with E-state index in [0.717, 1.165) is 5.56 Å². The minimum atomic E-state index is -0.518. The predicted octanol–water partition coefficient (Wildman–Crippen LogP) is 1.89. The lowest BCUT2D eigenvalue weighted by Crippen LogP contribution is -2.49. The van der Waals surface area contributed by atoms with Gasteiger partial charge in [0.1, 0.15) is 0 Å². The number of carbonyl (C=O) groups excluding carboxylic acids is 1. The van der Waals surface area contributed by atoms with E-state index in [1.807, 2.05) is 45.0 Å².